The minimum absolute atomic E-state index is 0.139. The Kier molecular flexibility index (Phi) is 4.99. The zero-order chi connectivity index (χ0) is 17.0. The lowest BCUT2D eigenvalue weighted by molar-refractivity contribution is 0.580. The number of nitrogens with zero attached hydrogens (tertiary/aromatic N) is 2. The van der Waals surface area contributed by atoms with Crippen molar-refractivity contribution in [3.05, 3.63) is 83.4 Å². The van der Waals surface area contributed by atoms with Gasteiger partial charge in [-0.25, -0.2) is 18.1 Å². The summed E-state index contributed by atoms with van der Waals surface area (Å²) in [4.78, 5) is 4.00. The molecule has 0 saturated heterocycles. The fourth-order valence-corrected chi connectivity index (χ4v) is 3.69. The first-order chi connectivity index (χ1) is 11.5. The number of imidazole rings is 1. The maximum absolute atomic E-state index is 12.2. The first-order valence-electron chi connectivity index (χ1n) is 7.31. The summed E-state index contributed by atoms with van der Waals surface area (Å²) in [5.41, 5.74) is 2.43. The standard InChI is InChI=1S/C17H16ClN3O2S/c18-17-4-2-1-3-15(17)12-24(22,23)20-11-14-5-7-16(8-6-14)21-10-9-19-13-21/h1-10,13,20H,11-12H2. The van der Waals surface area contributed by atoms with Crippen molar-refractivity contribution in [3.63, 3.8) is 0 Å². The first-order valence-corrected chi connectivity index (χ1v) is 9.34. The van der Waals surface area contributed by atoms with E-state index in [1.165, 1.54) is 0 Å². The molecule has 1 heterocycles. The van der Waals surface area contributed by atoms with Crippen LogP contribution in [0.4, 0.5) is 0 Å². The molecule has 24 heavy (non-hydrogen) atoms. The highest BCUT2D eigenvalue weighted by Gasteiger charge is 2.13. The van der Waals surface area contributed by atoms with E-state index >= 15 is 0 Å². The molecule has 0 unspecified atom stereocenters. The summed E-state index contributed by atoms with van der Waals surface area (Å²) >= 11 is 6.01. The third kappa shape index (κ3) is 4.23. The molecule has 124 valence electrons. The SMILES string of the molecule is O=S(=O)(Cc1ccccc1Cl)NCc1ccc(-n2ccnc2)cc1. The molecule has 0 fully saturated rings. The van der Waals surface area contributed by atoms with Crippen LogP contribution in [0.15, 0.2) is 67.3 Å². The van der Waals surface area contributed by atoms with Crippen LogP contribution in [0.5, 0.6) is 0 Å². The van der Waals surface area contributed by atoms with E-state index in [1.54, 1.807) is 36.8 Å². The van der Waals surface area contributed by atoms with E-state index in [9.17, 15) is 8.42 Å². The summed E-state index contributed by atoms with van der Waals surface area (Å²) in [6.07, 6.45) is 5.26. The van der Waals surface area contributed by atoms with Crippen LogP contribution in [-0.4, -0.2) is 18.0 Å². The molecule has 0 atom stereocenters. The second-order valence-electron chi connectivity index (χ2n) is 5.31. The third-order valence-corrected chi connectivity index (χ3v) is 5.18. The van der Waals surface area contributed by atoms with Gasteiger partial charge in [0.05, 0.1) is 12.1 Å². The topological polar surface area (TPSA) is 64.0 Å². The Labute approximate surface area is 146 Å². The normalized spacial score (nSPS) is 11.5. The van der Waals surface area contributed by atoms with Gasteiger partial charge in [0.25, 0.3) is 0 Å². The summed E-state index contributed by atoms with van der Waals surface area (Å²) in [6, 6.07) is 14.5. The molecule has 0 aliphatic rings. The van der Waals surface area contributed by atoms with Gasteiger partial charge in [0.2, 0.25) is 10.0 Å². The van der Waals surface area contributed by atoms with Crippen LogP contribution >= 0.6 is 11.6 Å². The molecule has 0 amide bonds. The minimum atomic E-state index is -3.46. The molecule has 3 aromatic rings. The highest BCUT2D eigenvalue weighted by Crippen LogP contribution is 2.17. The van der Waals surface area contributed by atoms with Gasteiger partial charge in [-0.15, -0.1) is 0 Å². The Morgan fingerprint density at radius 3 is 2.50 bits per heavy atom. The van der Waals surface area contributed by atoms with Gasteiger partial charge in [-0.1, -0.05) is 41.9 Å². The van der Waals surface area contributed by atoms with E-state index in [4.69, 9.17) is 11.6 Å². The second-order valence-corrected chi connectivity index (χ2v) is 7.52. The van der Waals surface area contributed by atoms with Gasteiger partial charge >= 0.3 is 0 Å². The molecule has 1 aromatic heterocycles. The lowest BCUT2D eigenvalue weighted by atomic mass is 10.2. The summed E-state index contributed by atoms with van der Waals surface area (Å²) in [5.74, 6) is -0.139. The third-order valence-electron chi connectivity index (χ3n) is 3.54. The zero-order valence-corrected chi connectivity index (χ0v) is 14.3. The number of benzene rings is 2. The largest absolute Gasteiger partial charge is 0.306 e. The average Bonchev–Trinajstić information content (AvgIpc) is 3.10. The molecule has 0 radical (unpaired) electrons. The van der Waals surface area contributed by atoms with E-state index in [0.29, 0.717) is 10.6 Å². The van der Waals surface area contributed by atoms with E-state index in [2.05, 4.69) is 9.71 Å². The number of nitrogens with one attached hydrogen (secondary N) is 1. The quantitative estimate of drug-likeness (QED) is 0.733. The van der Waals surface area contributed by atoms with Crippen molar-refractivity contribution < 1.29 is 8.42 Å². The van der Waals surface area contributed by atoms with Crippen molar-refractivity contribution in [1.82, 2.24) is 14.3 Å². The predicted molar refractivity (Wildman–Crippen MR) is 94.5 cm³/mol. The fourth-order valence-electron chi connectivity index (χ4n) is 2.26. The lowest BCUT2D eigenvalue weighted by Gasteiger charge is -2.09. The summed E-state index contributed by atoms with van der Waals surface area (Å²) in [6.45, 7) is 0.233. The number of halogens is 1. The Morgan fingerprint density at radius 2 is 1.83 bits per heavy atom. The molecule has 0 aliphatic heterocycles. The molecule has 0 saturated carbocycles. The fraction of sp³-hybridized carbons (Fsp3) is 0.118. The zero-order valence-electron chi connectivity index (χ0n) is 12.8. The lowest BCUT2D eigenvalue weighted by Crippen LogP contribution is -2.24. The van der Waals surface area contributed by atoms with Crippen molar-refractivity contribution in [3.8, 4) is 5.69 Å². The first kappa shape index (κ1) is 16.7. The summed E-state index contributed by atoms with van der Waals surface area (Å²) < 4.78 is 28.9. The Morgan fingerprint density at radius 1 is 1.08 bits per heavy atom. The second kappa shape index (κ2) is 7.17. The molecule has 0 bridgehead atoms. The Bertz CT molecular complexity index is 907. The summed E-state index contributed by atoms with van der Waals surface area (Å²) in [7, 11) is -3.46. The van der Waals surface area contributed by atoms with Crippen molar-refractivity contribution in [2.75, 3.05) is 0 Å². The Balaban J connectivity index is 1.63. The van der Waals surface area contributed by atoms with Crippen LogP contribution in [0.3, 0.4) is 0 Å². The van der Waals surface area contributed by atoms with E-state index in [-0.39, 0.29) is 12.3 Å². The van der Waals surface area contributed by atoms with Crippen LogP contribution in [0.25, 0.3) is 5.69 Å². The van der Waals surface area contributed by atoms with Gasteiger partial charge in [0, 0.05) is 29.6 Å². The van der Waals surface area contributed by atoms with Crippen LogP contribution in [-0.2, 0) is 22.3 Å². The molecule has 0 aliphatic carbocycles. The number of sulfonamides is 1. The van der Waals surface area contributed by atoms with E-state index in [1.807, 2.05) is 35.0 Å². The van der Waals surface area contributed by atoms with Crippen LogP contribution < -0.4 is 4.72 Å². The van der Waals surface area contributed by atoms with E-state index < -0.39 is 10.0 Å². The average molecular weight is 362 g/mol. The van der Waals surface area contributed by atoms with E-state index in [0.717, 1.165) is 11.3 Å². The van der Waals surface area contributed by atoms with Gasteiger partial charge in [0.1, 0.15) is 0 Å². The highest BCUT2D eigenvalue weighted by molar-refractivity contribution is 7.88. The van der Waals surface area contributed by atoms with Crippen molar-refractivity contribution in [2.45, 2.75) is 12.3 Å². The molecule has 0 spiro atoms. The van der Waals surface area contributed by atoms with Gasteiger partial charge < -0.3 is 4.57 Å². The minimum Gasteiger partial charge on any atom is -0.306 e. The maximum atomic E-state index is 12.2. The monoisotopic (exact) mass is 361 g/mol. The molecular weight excluding hydrogens is 346 g/mol. The number of hydrogen-bond acceptors (Lipinski definition) is 3. The molecular formula is C17H16ClN3O2S. The Hall–Kier alpha value is -2.15. The van der Waals surface area contributed by atoms with Crippen molar-refractivity contribution in [1.29, 1.82) is 0 Å². The molecule has 2 aromatic carbocycles. The number of aromatic nitrogens is 2. The van der Waals surface area contributed by atoms with Crippen LogP contribution in [0.1, 0.15) is 11.1 Å². The maximum Gasteiger partial charge on any atom is 0.216 e. The van der Waals surface area contributed by atoms with Gasteiger partial charge in [-0.2, -0.15) is 0 Å². The summed E-state index contributed by atoms with van der Waals surface area (Å²) in [5, 5.41) is 0.451. The predicted octanol–water partition coefficient (Wildman–Crippen LogP) is 3.15. The molecule has 3 rings (SSSR count). The van der Waals surface area contributed by atoms with Crippen LogP contribution in [0.2, 0.25) is 5.02 Å². The smallest absolute Gasteiger partial charge is 0.216 e. The van der Waals surface area contributed by atoms with Gasteiger partial charge in [-0.3, -0.25) is 0 Å². The molecule has 7 heteroatoms. The molecule has 5 nitrogen and oxygen atoms in total. The van der Waals surface area contributed by atoms with Crippen molar-refractivity contribution >= 4 is 21.6 Å². The van der Waals surface area contributed by atoms with Crippen molar-refractivity contribution in [2.24, 2.45) is 0 Å². The highest BCUT2D eigenvalue weighted by atomic mass is 35.5. The number of hydrogen-bond donors (Lipinski definition) is 1. The van der Waals surface area contributed by atoms with Gasteiger partial charge in [-0.05, 0) is 29.3 Å². The number of rotatable bonds is 6. The molecule has 1 N–H and O–H groups in total. The van der Waals surface area contributed by atoms with Gasteiger partial charge in [0.15, 0.2) is 0 Å². The van der Waals surface area contributed by atoms with Crippen LogP contribution in [0, 0.1) is 0 Å².